The summed E-state index contributed by atoms with van der Waals surface area (Å²) in [7, 11) is 1.94. The number of hydrogen-bond acceptors (Lipinski definition) is 2. The van der Waals surface area contributed by atoms with Crippen molar-refractivity contribution in [2.24, 2.45) is 7.05 Å². The van der Waals surface area contributed by atoms with E-state index >= 15 is 0 Å². The summed E-state index contributed by atoms with van der Waals surface area (Å²) < 4.78 is 14.8. The highest BCUT2D eigenvalue weighted by Crippen LogP contribution is 2.25. The van der Waals surface area contributed by atoms with Crippen LogP contribution in [0.5, 0.6) is 5.75 Å². The number of aromatic nitrogens is 1. The number of halogens is 1. The number of phenols is 1. The molecule has 118 valence electrons. The highest BCUT2D eigenvalue weighted by Gasteiger charge is 2.09. The highest BCUT2D eigenvalue weighted by molar-refractivity contribution is 5.94. The number of carbonyl (C=O) groups excluding carboxylic acids is 1. The number of phenolic OH excluding ortho intramolecular Hbond substituents is 1. The van der Waals surface area contributed by atoms with Crippen LogP contribution in [0, 0.1) is 5.82 Å². The summed E-state index contributed by atoms with van der Waals surface area (Å²) in [5.74, 6) is -0.370. The summed E-state index contributed by atoms with van der Waals surface area (Å²) in [4.78, 5) is 12.0. The molecule has 0 fully saturated rings. The minimum absolute atomic E-state index is 0.222. The van der Waals surface area contributed by atoms with E-state index in [2.05, 4.69) is 5.32 Å². The molecule has 0 atom stereocenters. The van der Waals surface area contributed by atoms with E-state index in [9.17, 15) is 14.3 Å². The van der Waals surface area contributed by atoms with Gasteiger partial charge in [-0.3, -0.25) is 4.79 Å². The first-order valence-electron chi connectivity index (χ1n) is 7.35. The number of nitrogens with zero attached hydrogens (tertiary/aromatic N) is 1. The van der Waals surface area contributed by atoms with Crippen LogP contribution in [-0.2, 0) is 13.5 Å². The lowest BCUT2D eigenvalue weighted by Gasteiger charge is -2.05. The summed E-state index contributed by atoms with van der Waals surface area (Å²) in [6, 6.07) is 10.7. The summed E-state index contributed by atoms with van der Waals surface area (Å²) in [6.07, 6.45) is 2.64. The monoisotopic (exact) mass is 312 g/mol. The molecule has 1 amide bonds. The molecule has 3 rings (SSSR count). The molecule has 0 unspecified atom stereocenters. The molecule has 0 aliphatic heterocycles. The quantitative estimate of drug-likeness (QED) is 0.778. The van der Waals surface area contributed by atoms with Gasteiger partial charge in [-0.1, -0.05) is 0 Å². The lowest BCUT2D eigenvalue weighted by atomic mass is 10.1. The Morgan fingerprint density at radius 2 is 1.96 bits per heavy atom. The van der Waals surface area contributed by atoms with Gasteiger partial charge in [0.05, 0.1) is 0 Å². The number of amides is 1. The van der Waals surface area contributed by atoms with E-state index < -0.39 is 0 Å². The van der Waals surface area contributed by atoms with Gasteiger partial charge < -0.3 is 15.0 Å². The predicted octanol–water partition coefficient (Wildman–Crippen LogP) is 3.00. The second kappa shape index (κ2) is 6.12. The van der Waals surface area contributed by atoms with Gasteiger partial charge in [0.1, 0.15) is 11.6 Å². The molecular formula is C18H17FN2O2. The zero-order valence-electron chi connectivity index (χ0n) is 12.7. The van der Waals surface area contributed by atoms with Crippen LogP contribution >= 0.6 is 0 Å². The lowest BCUT2D eigenvalue weighted by Crippen LogP contribution is -2.25. The van der Waals surface area contributed by atoms with E-state index in [0.717, 1.165) is 16.5 Å². The molecule has 2 aromatic carbocycles. The number of benzene rings is 2. The van der Waals surface area contributed by atoms with Crippen molar-refractivity contribution >= 4 is 16.8 Å². The third kappa shape index (κ3) is 3.18. The molecule has 0 aliphatic rings. The second-order valence-corrected chi connectivity index (χ2v) is 5.48. The van der Waals surface area contributed by atoms with E-state index in [1.807, 2.05) is 23.9 Å². The Balaban J connectivity index is 1.68. The number of aromatic hydroxyl groups is 1. The summed E-state index contributed by atoms with van der Waals surface area (Å²) in [5.41, 5.74) is 2.52. The molecule has 3 aromatic rings. The third-order valence-corrected chi connectivity index (χ3v) is 3.84. The largest absolute Gasteiger partial charge is 0.508 e. The number of fused-ring (bicyclic) bond motifs is 1. The molecule has 0 saturated carbocycles. The van der Waals surface area contributed by atoms with Crippen molar-refractivity contribution in [3.05, 3.63) is 65.6 Å². The van der Waals surface area contributed by atoms with Gasteiger partial charge >= 0.3 is 0 Å². The average Bonchev–Trinajstić information content (AvgIpc) is 2.83. The summed E-state index contributed by atoms with van der Waals surface area (Å²) in [5, 5.41) is 13.4. The minimum Gasteiger partial charge on any atom is -0.508 e. The van der Waals surface area contributed by atoms with Crippen molar-refractivity contribution in [3.63, 3.8) is 0 Å². The molecule has 4 nitrogen and oxygen atoms in total. The predicted molar refractivity (Wildman–Crippen MR) is 87.0 cm³/mol. The van der Waals surface area contributed by atoms with Crippen molar-refractivity contribution in [2.45, 2.75) is 6.42 Å². The van der Waals surface area contributed by atoms with Crippen molar-refractivity contribution in [3.8, 4) is 5.75 Å². The van der Waals surface area contributed by atoms with Crippen LogP contribution in [0.1, 0.15) is 15.9 Å². The molecule has 0 radical (unpaired) electrons. The molecule has 23 heavy (non-hydrogen) atoms. The van der Waals surface area contributed by atoms with Crippen LogP contribution in [0.25, 0.3) is 10.9 Å². The van der Waals surface area contributed by atoms with Gasteiger partial charge in [-0.15, -0.1) is 0 Å². The minimum atomic E-state index is -0.364. The smallest absolute Gasteiger partial charge is 0.251 e. The molecule has 0 aliphatic carbocycles. The zero-order chi connectivity index (χ0) is 16.4. The number of nitrogens with one attached hydrogen (secondary N) is 1. The van der Waals surface area contributed by atoms with Gasteiger partial charge in [-0.05, 0) is 54.4 Å². The van der Waals surface area contributed by atoms with Crippen molar-refractivity contribution in [1.82, 2.24) is 9.88 Å². The molecule has 1 heterocycles. The topological polar surface area (TPSA) is 54.3 Å². The normalized spacial score (nSPS) is 10.9. The van der Waals surface area contributed by atoms with Gasteiger partial charge in [0, 0.05) is 36.3 Å². The van der Waals surface area contributed by atoms with Crippen molar-refractivity contribution in [1.29, 1.82) is 0 Å². The van der Waals surface area contributed by atoms with E-state index in [1.54, 1.807) is 12.1 Å². The summed E-state index contributed by atoms with van der Waals surface area (Å²) in [6.45, 7) is 0.463. The van der Waals surface area contributed by atoms with Crippen molar-refractivity contribution in [2.75, 3.05) is 6.54 Å². The van der Waals surface area contributed by atoms with Crippen LogP contribution in [0.2, 0.25) is 0 Å². The first kappa shape index (κ1) is 15.1. The Labute approximate surface area is 133 Å². The third-order valence-electron chi connectivity index (χ3n) is 3.84. The van der Waals surface area contributed by atoms with Crippen LogP contribution in [0.3, 0.4) is 0 Å². The Bertz CT molecular complexity index is 853. The second-order valence-electron chi connectivity index (χ2n) is 5.48. The van der Waals surface area contributed by atoms with E-state index in [0.29, 0.717) is 18.5 Å². The van der Waals surface area contributed by atoms with Gasteiger partial charge in [0.15, 0.2) is 0 Å². The number of carbonyl (C=O) groups is 1. The summed E-state index contributed by atoms with van der Waals surface area (Å²) >= 11 is 0. The fourth-order valence-electron chi connectivity index (χ4n) is 2.67. The fourth-order valence-corrected chi connectivity index (χ4v) is 2.67. The molecule has 0 spiro atoms. The van der Waals surface area contributed by atoms with Gasteiger partial charge in [0.25, 0.3) is 5.91 Å². The fraction of sp³-hybridized carbons (Fsp3) is 0.167. The van der Waals surface area contributed by atoms with Crippen LogP contribution in [-0.4, -0.2) is 22.1 Å². The Kier molecular flexibility index (Phi) is 4.02. The van der Waals surface area contributed by atoms with Gasteiger partial charge in [-0.2, -0.15) is 0 Å². The number of rotatable bonds is 4. The lowest BCUT2D eigenvalue weighted by molar-refractivity contribution is 0.0954. The molecule has 1 aromatic heterocycles. The maximum atomic E-state index is 12.9. The number of aryl methyl sites for hydroxylation is 1. The van der Waals surface area contributed by atoms with Gasteiger partial charge in [-0.25, -0.2) is 4.39 Å². The Hall–Kier alpha value is -2.82. The van der Waals surface area contributed by atoms with Crippen LogP contribution < -0.4 is 5.32 Å². The number of hydrogen-bond donors (Lipinski definition) is 2. The molecule has 0 saturated heterocycles. The maximum Gasteiger partial charge on any atom is 0.251 e. The molecular weight excluding hydrogens is 295 g/mol. The zero-order valence-corrected chi connectivity index (χ0v) is 12.7. The molecule has 5 heteroatoms. The highest BCUT2D eigenvalue weighted by atomic mass is 19.1. The van der Waals surface area contributed by atoms with Gasteiger partial charge in [0.2, 0.25) is 0 Å². The van der Waals surface area contributed by atoms with E-state index in [4.69, 9.17) is 0 Å². The SMILES string of the molecule is Cn1cc(CCNC(=O)c2ccc(F)cc2)c2cc(O)ccc21. The molecule has 0 bridgehead atoms. The Morgan fingerprint density at radius 3 is 2.70 bits per heavy atom. The van der Waals surface area contributed by atoms with Crippen LogP contribution in [0.15, 0.2) is 48.7 Å². The van der Waals surface area contributed by atoms with Crippen molar-refractivity contribution < 1.29 is 14.3 Å². The first-order chi connectivity index (χ1) is 11.0. The Morgan fingerprint density at radius 1 is 1.22 bits per heavy atom. The van der Waals surface area contributed by atoms with E-state index in [-0.39, 0.29) is 17.5 Å². The van der Waals surface area contributed by atoms with E-state index in [1.165, 1.54) is 24.3 Å². The first-order valence-corrected chi connectivity index (χ1v) is 7.35. The van der Waals surface area contributed by atoms with Crippen LogP contribution in [0.4, 0.5) is 4.39 Å². The average molecular weight is 312 g/mol. The molecule has 2 N–H and O–H groups in total. The standard InChI is InChI=1S/C18H17FN2O2/c1-21-11-13(16-10-15(22)6-7-17(16)21)8-9-20-18(23)12-2-4-14(19)5-3-12/h2-7,10-11,22H,8-9H2,1H3,(H,20,23). The maximum absolute atomic E-state index is 12.9.